The molecule has 1 fully saturated rings. The maximum atomic E-state index is 15.1. The van der Waals surface area contributed by atoms with E-state index in [4.69, 9.17) is 18.8 Å². The minimum absolute atomic E-state index is 0.307. The number of hydrogen-bond acceptors (Lipinski definition) is 12. The lowest BCUT2D eigenvalue weighted by Crippen LogP contribution is -2.41. The number of pyridine rings is 6. The van der Waals surface area contributed by atoms with Gasteiger partial charge in [0.1, 0.15) is 41.8 Å². The van der Waals surface area contributed by atoms with Crippen molar-refractivity contribution in [2.45, 2.75) is 38.9 Å². The highest BCUT2D eigenvalue weighted by atomic mass is 127. The summed E-state index contributed by atoms with van der Waals surface area (Å²) in [5.74, 6) is 0.934. The van der Waals surface area contributed by atoms with Crippen molar-refractivity contribution >= 4 is 79.0 Å². The Labute approximate surface area is 442 Å². The summed E-state index contributed by atoms with van der Waals surface area (Å²) in [6.45, 7) is 11.2. The summed E-state index contributed by atoms with van der Waals surface area (Å²) in [5.41, 5.74) is 7.99. The monoisotopic (exact) mass is 1110 g/mol. The number of halogens is 3. The molecule has 0 unspecified atom stereocenters. The van der Waals surface area contributed by atoms with Crippen molar-refractivity contribution in [2.24, 2.45) is 0 Å². The largest absolute Gasteiger partial charge is 0.494 e. The molecule has 14 nitrogen and oxygen atoms in total. The SMILES string of the molecule is CN(C)CCOc1ccc(-c2c(F)cnc3[nH]c4cnc(-c5cccnc5)cc4c23)cc1.CN(C)CCOc1ccc(B2OC(C)(C)C(C)(C)O2)cc1.Fc1cnc2[nH]c3cnc(-c4cccnc4)cc3c2c1I. The van der Waals surface area contributed by atoms with Gasteiger partial charge in [-0.15, -0.1) is 0 Å². The van der Waals surface area contributed by atoms with Gasteiger partial charge in [-0.3, -0.25) is 19.9 Å². The van der Waals surface area contributed by atoms with Crippen molar-refractivity contribution in [2.75, 3.05) is 54.5 Å². The molecule has 18 heteroatoms. The van der Waals surface area contributed by atoms with Gasteiger partial charge in [0.25, 0.3) is 0 Å². The zero-order valence-corrected chi connectivity index (χ0v) is 44.6. The van der Waals surface area contributed by atoms with E-state index in [1.165, 1.54) is 12.4 Å². The van der Waals surface area contributed by atoms with Crippen molar-refractivity contribution < 1.29 is 27.6 Å². The molecule has 0 atom stereocenters. The van der Waals surface area contributed by atoms with Crippen molar-refractivity contribution in [3.8, 4) is 45.1 Å². The van der Waals surface area contributed by atoms with Gasteiger partial charge in [-0.1, -0.05) is 24.3 Å². The molecular formula is C56H56BF2IN10O4. The average Bonchev–Trinajstić information content (AvgIpc) is 4.03. The average molecular weight is 1110 g/mol. The van der Waals surface area contributed by atoms with Crippen molar-refractivity contribution in [1.82, 2.24) is 49.7 Å². The van der Waals surface area contributed by atoms with Crippen LogP contribution in [0.4, 0.5) is 8.78 Å². The smallest absolute Gasteiger partial charge is 0.492 e. The number of likely N-dealkylation sites (N-methyl/N-ethyl adjacent to an activating group) is 2. The molecule has 9 heterocycles. The number of ether oxygens (including phenoxy) is 2. The number of aromatic nitrogens is 8. The first-order valence-electron chi connectivity index (χ1n) is 24.0. The van der Waals surface area contributed by atoms with E-state index in [0.717, 1.165) is 90.7 Å². The van der Waals surface area contributed by atoms with E-state index in [1.54, 1.807) is 37.2 Å². The zero-order valence-electron chi connectivity index (χ0n) is 42.5. The van der Waals surface area contributed by atoms with Crippen LogP contribution >= 0.6 is 22.6 Å². The minimum Gasteiger partial charge on any atom is -0.492 e. The van der Waals surface area contributed by atoms with Crippen LogP contribution in [0.1, 0.15) is 27.7 Å². The van der Waals surface area contributed by atoms with E-state index in [-0.39, 0.29) is 30.0 Å². The molecule has 1 aliphatic rings. The van der Waals surface area contributed by atoms with Crippen LogP contribution in [0.15, 0.2) is 135 Å². The second kappa shape index (κ2) is 22.3. The molecule has 0 saturated carbocycles. The first kappa shape index (κ1) is 51.9. The van der Waals surface area contributed by atoms with Gasteiger partial charge in [-0.25, -0.2) is 18.7 Å². The van der Waals surface area contributed by atoms with Gasteiger partial charge in [0.15, 0.2) is 5.82 Å². The third-order valence-corrected chi connectivity index (χ3v) is 14.0. The van der Waals surface area contributed by atoms with Gasteiger partial charge < -0.3 is 38.6 Å². The highest BCUT2D eigenvalue weighted by molar-refractivity contribution is 14.1. The lowest BCUT2D eigenvalue weighted by atomic mass is 9.79. The number of benzene rings is 2. The first-order valence-corrected chi connectivity index (χ1v) is 25.1. The number of nitrogens with zero attached hydrogens (tertiary/aromatic N) is 8. The van der Waals surface area contributed by atoms with Crippen molar-refractivity contribution in [3.63, 3.8) is 0 Å². The van der Waals surface area contributed by atoms with Crippen LogP contribution in [-0.4, -0.2) is 122 Å². The Balaban J connectivity index is 0.000000141. The van der Waals surface area contributed by atoms with Crippen LogP contribution < -0.4 is 14.9 Å². The lowest BCUT2D eigenvalue weighted by molar-refractivity contribution is 0.00578. The normalized spacial score (nSPS) is 13.9. The number of nitrogens with one attached hydrogen (secondary N) is 2. The molecule has 11 rings (SSSR count). The molecule has 2 aromatic carbocycles. The molecule has 1 saturated heterocycles. The Bertz CT molecular complexity index is 3510. The molecule has 1 aliphatic heterocycles. The van der Waals surface area contributed by atoms with E-state index in [1.807, 2.05) is 136 Å². The summed E-state index contributed by atoms with van der Waals surface area (Å²) >= 11 is 2.01. The van der Waals surface area contributed by atoms with Gasteiger partial charge in [0.05, 0.1) is 62.0 Å². The number of hydrogen-bond donors (Lipinski definition) is 2. The van der Waals surface area contributed by atoms with E-state index in [9.17, 15) is 4.39 Å². The highest BCUT2D eigenvalue weighted by Gasteiger charge is 2.51. The first-order chi connectivity index (χ1) is 35.5. The second-order valence-electron chi connectivity index (χ2n) is 19.3. The fourth-order valence-corrected chi connectivity index (χ4v) is 8.85. The van der Waals surface area contributed by atoms with E-state index >= 15 is 4.39 Å². The minimum atomic E-state index is -0.376. The molecule has 0 amide bonds. The van der Waals surface area contributed by atoms with Crippen LogP contribution in [-0.2, 0) is 9.31 Å². The Morgan fingerprint density at radius 1 is 0.581 bits per heavy atom. The Kier molecular flexibility index (Phi) is 15.6. The molecule has 10 aromatic rings. The summed E-state index contributed by atoms with van der Waals surface area (Å²) in [6.07, 6.45) is 12.9. The fourth-order valence-electron chi connectivity index (χ4n) is 8.17. The van der Waals surface area contributed by atoms with Crippen LogP contribution in [0.5, 0.6) is 11.5 Å². The Morgan fingerprint density at radius 2 is 1.05 bits per heavy atom. The van der Waals surface area contributed by atoms with Crippen LogP contribution in [0.25, 0.3) is 77.5 Å². The van der Waals surface area contributed by atoms with E-state index in [0.29, 0.717) is 33.6 Å². The molecule has 74 heavy (non-hydrogen) atoms. The number of fused-ring (bicyclic) bond motifs is 6. The van der Waals surface area contributed by atoms with Crippen LogP contribution in [0, 0.1) is 15.2 Å². The molecule has 0 spiro atoms. The summed E-state index contributed by atoms with van der Waals surface area (Å²) in [4.78, 5) is 36.2. The quantitative estimate of drug-likeness (QED) is 0.0885. The van der Waals surface area contributed by atoms with Crippen molar-refractivity contribution in [3.05, 3.63) is 150 Å². The third-order valence-electron chi connectivity index (χ3n) is 12.9. The molecule has 0 bridgehead atoms. The van der Waals surface area contributed by atoms with Gasteiger partial charge in [0.2, 0.25) is 0 Å². The predicted molar refractivity (Wildman–Crippen MR) is 298 cm³/mol. The topological polar surface area (TPSA) is 152 Å². The predicted octanol–water partition coefficient (Wildman–Crippen LogP) is 10.8. The van der Waals surface area contributed by atoms with Crippen LogP contribution in [0.3, 0.4) is 0 Å². The summed E-state index contributed by atoms with van der Waals surface area (Å²) in [5, 5.41) is 3.30. The van der Waals surface area contributed by atoms with Gasteiger partial charge in [-0.05, 0) is 150 Å². The number of aromatic amines is 2. The van der Waals surface area contributed by atoms with Crippen LogP contribution in [0.2, 0.25) is 0 Å². The second-order valence-corrected chi connectivity index (χ2v) is 20.4. The molecule has 2 N–H and O–H groups in total. The Hall–Kier alpha value is -6.97. The maximum absolute atomic E-state index is 15.1. The zero-order chi connectivity index (χ0) is 52.1. The molecule has 378 valence electrons. The van der Waals surface area contributed by atoms with E-state index < -0.39 is 0 Å². The lowest BCUT2D eigenvalue weighted by Gasteiger charge is -2.32. The summed E-state index contributed by atoms with van der Waals surface area (Å²) in [7, 11) is 7.75. The number of rotatable bonds is 12. The number of H-pyrrole nitrogens is 2. The fraction of sp³-hybridized carbons (Fsp3) is 0.250. The summed E-state index contributed by atoms with van der Waals surface area (Å²) < 4.78 is 53.0. The Morgan fingerprint density at radius 3 is 1.54 bits per heavy atom. The third kappa shape index (κ3) is 11.5. The maximum Gasteiger partial charge on any atom is 0.494 e. The molecule has 8 aromatic heterocycles. The van der Waals surface area contributed by atoms with Gasteiger partial charge >= 0.3 is 7.12 Å². The van der Waals surface area contributed by atoms with Gasteiger partial charge in [0, 0.05) is 76.1 Å². The van der Waals surface area contributed by atoms with E-state index in [2.05, 4.69) is 77.4 Å². The molecule has 0 aliphatic carbocycles. The standard InChI is InChI=1S/C25H22FN5O.C16H26BNO3.C15H8FIN4/c1-31(2)10-11-32-18-7-5-16(6-8-18)23-20(26)14-29-25-24(23)19-12-21(28-15-22(19)30-25)17-4-3-9-27-13-17;1-15(2)16(3,4)21-17(20-15)13-7-9-14(10-8-13)19-12-11-18(5)6;16-10-6-20-15-13(14(10)17)9-4-11(19-7-12(9)21-15)8-2-1-3-18-5-8/h3-9,12-15H,10-11H2,1-2H3,(H,29,30);7-10H,11-12H2,1-6H3;1-7H,(H,20,21). The van der Waals surface area contributed by atoms with Crippen molar-refractivity contribution in [1.29, 1.82) is 0 Å². The van der Waals surface area contributed by atoms with Gasteiger partial charge in [-0.2, -0.15) is 0 Å². The summed E-state index contributed by atoms with van der Waals surface area (Å²) in [6, 6.07) is 27.0. The molecular weight excluding hydrogens is 1050 g/mol. The molecule has 0 radical (unpaired) electrons. The highest BCUT2D eigenvalue weighted by Crippen LogP contribution is 2.39.